The molecule has 3 aromatic carbocycles. The minimum Gasteiger partial charge on any atom is -0.493 e. The Balaban J connectivity index is 1.42. The van der Waals surface area contributed by atoms with Gasteiger partial charge in [-0.2, -0.15) is 0 Å². The Labute approximate surface area is 195 Å². The molecule has 0 aliphatic heterocycles. The van der Waals surface area contributed by atoms with Gasteiger partial charge in [0.05, 0.1) is 32.3 Å². The fraction of sp³-hybridized carbons (Fsp3) is 0.115. The first kappa shape index (κ1) is 21.3. The van der Waals surface area contributed by atoms with Crippen molar-refractivity contribution >= 4 is 33.3 Å². The van der Waals surface area contributed by atoms with Gasteiger partial charge >= 0.3 is 0 Å². The van der Waals surface area contributed by atoms with E-state index in [0.29, 0.717) is 34.4 Å². The molecule has 1 N–H and O–H groups in total. The Morgan fingerprint density at radius 2 is 1.68 bits per heavy atom. The number of carbonyl (C=O) groups excluding carboxylic acids is 1. The second-order valence-electron chi connectivity index (χ2n) is 7.70. The normalized spacial score (nSPS) is 10.9. The highest BCUT2D eigenvalue weighted by Crippen LogP contribution is 2.37. The molecular formula is C26H22N4O4. The Morgan fingerprint density at radius 3 is 2.44 bits per heavy atom. The summed E-state index contributed by atoms with van der Waals surface area (Å²) in [7, 11) is 4.97. The number of hydrogen-bond acceptors (Lipinski definition) is 6. The first-order chi connectivity index (χ1) is 16.6. The maximum atomic E-state index is 12.5. The van der Waals surface area contributed by atoms with E-state index in [9.17, 15) is 4.79 Å². The van der Waals surface area contributed by atoms with E-state index in [-0.39, 0.29) is 5.91 Å². The van der Waals surface area contributed by atoms with Gasteiger partial charge in [-0.1, -0.05) is 12.1 Å². The number of carbonyl (C=O) groups is 1. The molecule has 2 aromatic heterocycles. The Kier molecular flexibility index (Phi) is 5.47. The van der Waals surface area contributed by atoms with Gasteiger partial charge in [0.25, 0.3) is 5.91 Å². The van der Waals surface area contributed by atoms with Gasteiger partial charge in [0, 0.05) is 30.4 Å². The summed E-state index contributed by atoms with van der Waals surface area (Å²) >= 11 is 0. The molecule has 0 radical (unpaired) electrons. The van der Waals surface area contributed by atoms with Gasteiger partial charge < -0.3 is 24.1 Å². The molecule has 170 valence electrons. The lowest BCUT2D eigenvalue weighted by Gasteiger charge is -2.13. The maximum absolute atomic E-state index is 12.5. The van der Waals surface area contributed by atoms with Crippen molar-refractivity contribution in [3.8, 4) is 23.0 Å². The number of aryl methyl sites for hydroxylation is 1. The SMILES string of the molecule is COc1cc2nccc(Oc3ccc4cc(NC(=O)c5cncn5C)ccc4c3)c2cc1OC. The van der Waals surface area contributed by atoms with Crippen LogP contribution in [0.15, 0.2) is 73.3 Å². The number of anilines is 1. The van der Waals surface area contributed by atoms with Crippen molar-refractivity contribution in [1.82, 2.24) is 14.5 Å². The largest absolute Gasteiger partial charge is 0.493 e. The lowest BCUT2D eigenvalue weighted by molar-refractivity contribution is 0.101. The number of ether oxygens (including phenoxy) is 3. The molecule has 0 fully saturated rings. The predicted molar refractivity (Wildman–Crippen MR) is 130 cm³/mol. The van der Waals surface area contributed by atoms with E-state index < -0.39 is 0 Å². The van der Waals surface area contributed by atoms with E-state index in [4.69, 9.17) is 14.2 Å². The molecule has 0 bridgehead atoms. The van der Waals surface area contributed by atoms with Gasteiger partial charge in [-0.3, -0.25) is 9.78 Å². The number of benzene rings is 3. The number of nitrogens with zero attached hydrogens (tertiary/aromatic N) is 3. The van der Waals surface area contributed by atoms with Crippen LogP contribution in [-0.2, 0) is 7.05 Å². The summed E-state index contributed by atoms with van der Waals surface area (Å²) in [5.41, 5.74) is 1.93. The number of imidazole rings is 1. The zero-order valence-corrected chi connectivity index (χ0v) is 18.9. The van der Waals surface area contributed by atoms with Gasteiger partial charge in [-0.15, -0.1) is 0 Å². The second-order valence-corrected chi connectivity index (χ2v) is 7.70. The molecule has 5 rings (SSSR count). The van der Waals surface area contributed by atoms with Crippen LogP contribution in [0.2, 0.25) is 0 Å². The number of pyridine rings is 1. The molecule has 2 heterocycles. The van der Waals surface area contributed by atoms with Crippen molar-refractivity contribution in [2.45, 2.75) is 0 Å². The van der Waals surface area contributed by atoms with Crippen LogP contribution >= 0.6 is 0 Å². The van der Waals surface area contributed by atoms with E-state index in [1.54, 1.807) is 38.4 Å². The highest BCUT2D eigenvalue weighted by atomic mass is 16.5. The Bertz CT molecular complexity index is 1530. The highest BCUT2D eigenvalue weighted by Gasteiger charge is 2.13. The average Bonchev–Trinajstić information content (AvgIpc) is 3.29. The van der Waals surface area contributed by atoms with Crippen LogP contribution in [0.25, 0.3) is 21.7 Å². The van der Waals surface area contributed by atoms with Crippen molar-refractivity contribution in [2.24, 2.45) is 7.05 Å². The molecule has 0 saturated carbocycles. The molecule has 0 aliphatic carbocycles. The van der Waals surface area contributed by atoms with Gasteiger partial charge in [0.15, 0.2) is 11.5 Å². The molecule has 5 aromatic rings. The molecule has 0 saturated heterocycles. The third-order valence-corrected chi connectivity index (χ3v) is 5.55. The van der Waals surface area contributed by atoms with Crippen LogP contribution in [0.4, 0.5) is 5.69 Å². The maximum Gasteiger partial charge on any atom is 0.273 e. The molecule has 0 aliphatic rings. The minimum absolute atomic E-state index is 0.212. The van der Waals surface area contributed by atoms with Gasteiger partial charge in [0.2, 0.25) is 0 Å². The van der Waals surface area contributed by atoms with Crippen molar-refractivity contribution in [3.63, 3.8) is 0 Å². The number of hydrogen-bond donors (Lipinski definition) is 1. The van der Waals surface area contributed by atoms with Crippen LogP contribution in [0.3, 0.4) is 0 Å². The minimum atomic E-state index is -0.212. The number of methoxy groups -OCH3 is 2. The topological polar surface area (TPSA) is 87.5 Å². The summed E-state index contributed by atoms with van der Waals surface area (Å²) in [6, 6.07) is 17.0. The van der Waals surface area contributed by atoms with Crippen LogP contribution < -0.4 is 19.5 Å². The van der Waals surface area contributed by atoms with E-state index in [2.05, 4.69) is 15.3 Å². The number of nitrogens with one attached hydrogen (secondary N) is 1. The summed E-state index contributed by atoms with van der Waals surface area (Å²) in [5.74, 6) is 2.34. The first-order valence-electron chi connectivity index (χ1n) is 10.6. The molecule has 8 heteroatoms. The number of rotatable bonds is 6. The van der Waals surface area contributed by atoms with Crippen molar-refractivity contribution in [3.05, 3.63) is 79.0 Å². The third-order valence-electron chi connectivity index (χ3n) is 5.55. The highest BCUT2D eigenvalue weighted by molar-refractivity contribution is 6.04. The molecular weight excluding hydrogens is 432 g/mol. The van der Waals surface area contributed by atoms with E-state index in [1.165, 1.54) is 6.20 Å². The monoisotopic (exact) mass is 454 g/mol. The Morgan fingerprint density at radius 1 is 0.912 bits per heavy atom. The summed E-state index contributed by atoms with van der Waals surface area (Å²) < 4.78 is 18.7. The van der Waals surface area contributed by atoms with Crippen LogP contribution in [0, 0.1) is 0 Å². The summed E-state index contributed by atoms with van der Waals surface area (Å²) in [4.78, 5) is 20.9. The van der Waals surface area contributed by atoms with Gasteiger partial charge in [-0.25, -0.2) is 4.98 Å². The molecule has 0 unspecified atom stereocenters. The van der Waals surface area contributed by atoms with Crippen LogP contribution in [0.5, 0.6) is 23.0 Å². The number of fused-ring (bicyclic) bond motifs is 2. The molecule has 1 amide bonds. The zero-order chi connectivity index (χ0) is 23.7. The summed E-state index contributed by atoms with van der Waals surface area (Å²) in [6.45, 7) is 0. The standard InChI is InChI=1S/C26H22N4O4/c1-30-15-27-14-22(30)26(31)29-18-6-4-17-11-19(7-5-16(17)10-18)34-23-8-9-28-21-13-25(33-3)24(32-2)12-20(21)23/h4-15H,1-3H3,(H,29,31). The van der Waals surface area contributed by atoms with Crippen LogP contribution in [-0.4, -0.2) is 34.7 Å². The van der Waals surface area contributed by atoms with Gasteiger partial charge in [0.1, 0.15) is 17.2 Å². The van der Waals surface area contributed by atoms with E-state index in [1.807, 2.05) is 54.6 Å². The van der Waals surface area contributed by atoms with Gasteiger partial charge in [-0.05, 0) is 47.2 Å². The van der Waals surface area contributed by atoms with E-state index in [0.717, 1.165) is 21.7 Å². The van der Waals surface area contributed by atoms with Crippen molar-refractivity contribution in [1.29, 1.82) is 0 Å². The fourth-order valence-corrected chi connectivity index (χ4v) is 3.80. The molecule has 0 atom stereocenters. The molecule has 0 spiro atoms. The van der Waals surface area contributed by atoms with E-state index >= 15 is 0 Å². The fourth-order valence-electron chi connectivity index (χ4n) is 3.80. The van der Waals surface area contributed by atoms with Crippen LogP contribution in [0.1, 0.15) is 10.5 Å². The summed E-state index contributed by atoms with van der Waals surface area (Å²) in [6.07, 6.45) is 4.83. The lowest BCUT2D eigenvalue weighted by atomic mass is 10.1. The lowest BCUT2D eigenvalue weighted by Crippen LogP contribution is -2.15. The van der Waals surface area contributed by atoms with Crippen molar-refractivity contribution in [2.75, 3.05) is 19.5 Å². The zero-order valence-electron chi connectivity index (χ0n) is 18.9. The Hall–Kier alpha value is -4.59. The molecule has 34 heavy (non-hydrogen) atoms. The predicted octanol–water partition coefficient (Wildman–Crippen LogP) is 5.18. The summed E-state index contributed by atoms with van der Waals surface area (Å²) in [5, 5.41) is 5.68. The number of amides is 1. The third kappa shape index (κ3) is 3.97. The quantitative estimate of drug-likeness (QED) is 0.380. The second kappa shape index (κ2) is 8.74. The first-order valence-corrected chi connectivity index (χ1v) is 10.6. The smallest absolute Gasteiger partial charge is 0.273 e. The van der Waals surface area contributed by atoms with Crippen molar-refractivity contribution < 1.29 is 19.0 Å². The molecule has 8 nitrogen and oxygen atoms in total. The average molecular weight is 454 g/mol. The number of aromatic nitrogens is 3.